The number of quaternary nitrogens is 1. The van der Waals surface area contributed by atoms with Crippen LogP contribution in [-0.2, 0) is 4.79 Å². The Labute approximate surface area is 223 Å². The third-order valence-electron chi connectivity index (χ3n) is 6.85. The molecule has 0 saturated carbocycles. The minimum absolute atomic E-state index is 0. The molecule has 0 saturated heterocycles. The zero-order valence-electron chi connectivity index (χ0n) is 24.9. The van der Waals surface area contributed by atoms with Gasteiger partial charge in [0.05, 0.1) is 26.7 Å². The lowest BCUT2D eigenvalue weighted by Crippen LogP contribution is -3.00. The van der Waals surface area contributed by atoms with E-state index in [0.29, 0.717) is 5.92 Å². The van der Waals surface area contributed by atoms with E-state index in [9.17, 15) is 4.79 Å². The zero-order valence-corrected chi connectivity index (χ0v) is 25.6. The minimum atomic E-state index is 0. The second-order valence-electron chi connectivity index (χ2n) is 11.4. The minimum Gasteiger partial charge on any atom is -1.00 e. The van der Waals surface area contributed by atoms with Crippen molar-refractivity contribution in [3.05, 3.63) is 0 Å². The van der Waals surface area contributed by atoms with Gasteiger partial charge in [0, 0.05) is 6.42 Å². The molecule has 0 rings (SSSR count). The summed E-state index contributed by atoms with van der Waals surface area (Å²) in [4.78, 5) is 10.3. The van der Waals surface area contributed by atoms with E-state index >= 15 is 0 Å². The number of ketones is 1. The third kappa shape index (κ3) is 31.9. The van der Waals surface area contributed by atoms with Gasteiger partial charge in [-0.15, -0.1) is 0 Å². The van der Waals surface area contributed by atoms with E-state index in [-0.39, 0.29) is 18.2 Å². The molecular formula is C31H66ClNO. The fourth-order valence-corrected chi connectivity index (χ4v) is 4.73. The van der Waals surface area contributed by atoms with Crippen molar-refractivity contribution < 1.29 is 21.7 Å². The fraction of sp³-hybridized carbons (Fsp3) is 0.968. The first kappa shape index (κ1) is 38.5. The van der Waals surface area contributed by atoms with E-state index in [0.717, 1.165) is 6.42 Å². The molecule has 0 aromatic carbocycles. The predicted octanol–water partition coefficient (Wildman–Crippen LogP) is 7.14. The molecule has 2 nitrogen and oxygen atoms in total. The van der Waals surface area contributed by atoms with Crippen LogP contribution in [0.25, 0.3) is 0 Å². The predicted molar refractivity (Wildman–Crippen MR) is 151 cm³/mol. The molecule has 0 fully saturated rings. The molecule has 0 amide bonds. The Balaban J connectivity index is -0.00000104. The smallest absolute Gasteiger partial charge is 0.130 e. The van der Waals surface area contributed by atoms with Crippen LogP contribution in [0.1, 0.15) is 164 Å². The molecule has 0 atom stereocenters. The second kappa shape index (κ2) is 29.2. The van der Waals surface area contributed by atoms with Gasteiger partial charge in [0.1, 0.15) is 5.78 Å². The maximum absolute atomic E-state index is 10.3. The van der Waals surface area contributed by atoms with E-state index in [2.05, 4.69) is 27.8 Å². The van der Waals surface area contributed by atoms with E-state index in [4.69, 9.17) is 0 Å². The van der Waals surface area contributed by atoms with Crippen LogP contribution >= 0.6 is 0 Å². The Kier molecular flexibility index (Phi) is 33.0. The number of unbranched alkanes of at least 4 members (excludes halogenated alkanes) is 15. The van der Waals surface area contributed by atoms with Crippen LogP contribution < -0.4 is 12.4 Å². The number of hydrogen-bond acceptors (Lipinski definition) is 1. The molecule has 0 heterocycles. The first-order valence-corrected chi connectivity index (χ1v) is 15.1. The SMILES string of the molecule is CC(=O)CC(C)C.CCCCCCCC[N+](C)(CCCCCCCC)CCCCCCCC.[Cl-]. The average Bonchev–Trinajstić information content (AvgIpc) is 2.75. The lowest BCUT2D eigenvalue weighted by Gasteiger charge is -2.35. The lowest BCUT2D eigenvalue weighted by molar-refractivity contribution is -0.910. The Morgan fingerprint density at radius 1 is 0.559 bits per heavy atom. The van der Waals surface area contributed by atoms with Gasteiger partial charge in [0.2, 0.25) is 0 Å². The van der Waals surface area contributed by atoms with Crippen LogP contribution in [0.5, 0.6) is 0 Å². The summed E-state index contributed by atoms with van der Waals surface area (Å²) in [5.74, 6) is 0.813. The first-order valence-electron chi connectivity index (χ1n) is 15.1. The van der Waals surface area contributed by atoms with Gasteiger partial charge in [-0.2, -0.15) is 0 Å². The van der Waals surface area contributed by atoms with Gasteiger partial charge in [-0.25, -0.2) is 0 Å². The van der Waals surface area contributed by atoms with Crippen LogP contribution in [0.3, 0.4) is 0 Å². The van der Waals surface area contributed by atoms with Gasteiger partial charge in [0.15, 0.2) is 0 Å². The van der Waals surface area contributed by atoms with Crippen molar-refractivity contribution in [2.45, 2.75) is 164 Å². The Morgan fingerprint density at radius 2 is 0.824 bits per heavy atom. The topological polar surface area (TPSA) is 17.1 Å². The van der Waals surface area contributed by atoms with Crippen molar-refractivity contribution in [3.8, 4) is 0 Å². The van der Waals surface area contributed by atoms with Crippen molar-refractivity contribution in [2.75, 3.05) is 26.7 Å². The zero-order chi connectivity index (χ0) is 25.2. The molecule has 0 unspecified atom stereocenters. The van der Waals surface area contributed by atoms with E-state index < -0.39 is 0 Å². The Morgan fingerprint density at radius 3 is 1.03 bits per heavy atom. The van der Waals surface area contributed by atoms with Crippen LogP contribution in [0.2, 0.25) is 0 Å². The van der Waals surface area contributed by atoms with Crippen molar-refractivity contribution in [1.82, 2.24) is 0 Å². The molecule has 0 aliphatic rings. The number of rotatable bonds is 23. The first-order chi connectivity index (χ1) is 15.8. The summed E-state index contributed by atoms with van der Waals surface area (Å²) in [6, 6.07) is 0. The highest BCUT2D eigenvalue weighted by Crippen LogP contribution is 2.16. The van der Waals surface area contributed by atoms with Crippen molar-refractivity contribution in [1.29, 1.82) is 0 Å². The largest absolute Gasteiger partial charge is 1.00 e. The summed E-state index contributed by atoms with van der Waals surface area (Å²) >= 11 is 0. The Bertz CT molecular complexity index is 356. The summed E-state index contributed by atoms with van der Waals surface area (Å²) in [6.45, 7) is 16.9. The van der Waals surface area contributed by atoms with Crippen LogP contribution in [0.4, 0.5) is 0 Å². The standard InChI is InChI=1S/C25H54N.C6H12O.ClH/c1-5-8-11-14-17-20-23-26(4,24-21-18-15-12-9-6-2)25-22-19-16-13-10-7-3;1-5(2)4-6(3)7;/h5-25H2,1-4H3;5H,4H2,1-3H3;1H/q+1;;/p-1. The van der Waals surface area contributed by atoms with Crippen molar-refractivity contribution >= 4 is 5.78 Å². The number of hydrogen-bond donors (Lipinski definition) is 0. The summed E-state index contributed by atoms with van der Waals surface area (Å²) in [7, 11) is 2.56. The number of Topliss-reactive ketones (excluding diaryl/α,β-unsaturated/α-hetero) is 1. The molecule has 34 heavy (non-hydrogen) atoms. The normalized spacial score (nSPS) is 11.2. The summed E-state index contributed by atoms with van der Waals surface area (Å²) in [6.07, 6.45) is 26.6. The van der Waals surface area contributed by atoms with Crippen molar-refractivity contribution in [3.63, 3.8) is 0 Å². The van der Waals surface area contributed by atoms with E-state index in [1.54, 1.807) is 6.92 Å². The monoisotopic (exact) mass is 503 g/mol. The maximum atomic E-state index is 10.3. The van der Waals surface area contributed by atoms with E-state index in [1.165, 1.54) is 140 Å². The van der Waals surface area contributed by atoms with Gasteiger partial charge >= 0.3 is 0 Å². The van der Waals surface area contributed by atoms with E-state index in [1.807, 2.05) is 13.8 Å². The van der Waals surface area contributed by atoms with Crippen LogP contribution in [0, 0.1) is 5.92 Å². The molecule has 0 spiro atoms. The van der Waals surface area contributed by atoms with Gasteiger partial charge in [0.25, 0.3) is 0 Å². The molecule has 0 radical (unpaired) electrons. The van der Waals surface area contributed by atoms with Gasteiger partial charge < -0.3 is 21.7 Å². The van der Waals surface area contributed by atoms with Gasteiger partial charge in [-0.05, 0) is 51.4 Å². The molecule has 0 aromatic heterocycles. The average molecular weight is 504 g/mol. The van der Waals surface area contributed by atoms with Gasteiger partial charge in [-0.3, -0.25) is 0 Å². The summed E-state index contributed by atoms with van der Waals surface area (Å²) < 4.78 is 1.36. The molecular weight excluding hydrogens is 438 g/mol. The van der Waals surface area contributed by atoms with Crippen LogP contribution in [-0.4, -0.2) is 36.9 Å². The second-order valence-corrected chi connectivity index (χ2v) is 11.4. The Hall–Kier alpha value is -0.0800. The quantitative estimate of drug-likeness (QED) is 0.107. The fourth-order valence-electron chi connectivity index (χ4n) is 4.73. The maximum Gasteiger partial charge on any atom is 0.130 e. The molecule has 0 aliphatic carbocycles. The highest BCUT2D eigenvalue weighted by atomic mass is 35.5. The molecule has 0 N–H and O–H groups in total. The third-order valence-corrected chi connectivity index (χ3v) is 6.85. The lowest BCUT2D eigenvalue weighted by atomic mass is 10.1. The highest BCUT2D eigenvalue weighted by molar-refractivity contribution is 5.75. The van der Waals surface area contributed by atoms with Crippen molar-refractivity contribution in [2.24, 2.45) is 5.92 Å². The van der Waals surface area contributed by atoms with Crippen LogP contribution in [0.15, 0.2) is 0 Å². The van der Waals surface area contributed by atoms with Gasteiger partial charge in [-0.1, -0.05) is 112 Å². The molecule has 3 heteroatoms. The molecule has 0 aromatic rings. The molecule has 0 bridgehead atoms. The number of nitrogens with zero attached hydrogens (tertiary/aromatic N) is 1. The molecule has 0 aliphatic heterocycles. The number of carbonyl (C=O) groups excluding carboxylic acids is 1. The molecule has 208 valence electrons. The number of halogens is 1. The highest BCUT2D eigenvalue weighted by Gasteiger charge is 2.20. The number of carbonyl (C=O) groups is 1. The summed E-state index contributed by atoms with van der Waals surface area (Å²) in [5.41, 5.74) is 0. The summed E-state index contributed by atoms with van der Waals surface area (Å²) in [5, 5.41) is 0.